The van der Waals surface area contributed by atoms with Gasteiger partial charge in [0, 0.05) is 5.69 Å². The maximum absolute atomic E-state index is 11.9. The highest BCUT2D eigenvalue weighted by Crippen LogP contribution is 2.18. The highest BCUT2D eigenvalue weighted by atomic mass is 35.5. The number of halogens is 1. The second kappa shape index (κ2) is 5.05. The predicted molar refractivity (Wildman–Crippen MR) is 66.1 cm³/mol. The lowest BCUT2D eigenvalue weighted by atomic mass is 10.2. The van der Waals surface area contributed by atoms with Gasteiger partial charge in [-0.3, -0.25) is 4.79 Å². The fourth-order valence-electron chi connectivity index (χ4n) is 1.38. The standard InChI is InChI=1S/C11H11ClN4O2/c1-6-15-10(18-16-6)5-14-11(17)8-4-7(13)2-3-9(8)12/h2-4H,5,13H2,1H3,(H,14,17). The molecule has 0 saturated heterocycles. The van der Waals surface area contributed by atoms with Crippen molar-refractivity contribution >= 4 is 23.2 Å². The van der Waals surface area contributed by atoms with E-state index < -0.39 is 0 Å². The molecule has 0 radical (unpaired) electrons. The van der Waals surface area contributed by atoms with Gasteiger partial charge in [0.25, 0.3) is 5.91 Å². The number of amides is 1. The molecule has 0 aliphatic carbocycles. The smallest absolute Gasteiger partial charge is 0.253 e. The third-order valence-corrected chi connectivity index (χ3v) is 2.53. The summed E-state index contributed by atoms with van der Waals surface area (Å²) >= 11 is 5.91. The Morgan fingerprint density at radius 3 is 3.00 bits per heavy atom. The molecule has 0 fully saturated rings. The van der Waals surface area contributed by atoms with Crippen molar-refractivity contribution in [3.63, 3.8) is 0 Å². The SMILES string of the molecule is Cc1noc(CNC(=O)c2cc(N)ccc2Cl)n1. The molecule has 0 aliphatic rings. The average Bonchev–Trinajstić information content (AvgIpc) is 2.75. The minimum Gasteiger partial charge on any atom is -0.399 e. The molecule has 0 saturated carbocycles. The van der Waals surface area contributed by atoms with Crippen LogP contribution in [0.5, 0.6) is 0 Å². The lowest BCUT2D eigenvalue weighted by molar-refractivity contribution is 0.0946. The molecule has 2 aromatic rings. The van der Waals surface area contributed by atoms with Gasteiger partial charge < -0.3 is 15.6 Å². The lowest BCUT2D eigenvalue weighted by Gasteiger charge is -2.05. The second-order valence-corrected chi connectivity index (χ2v) is 4.06. The molecule has 6 nitrogen and oxygen atoms in total. The second-order valence-electron chi connectivity index (χ2n) is 3.66. The van der Waals surface area contributed by atoms with E-state index in [1.165, 1.54) is 6.07 Å². The van der Waals surface area contributed by atoms with E-state index in [-0.39, 0.29) is 12.5 Å². The van der Waals surface area contributed by atoms with Crippen LogP contribution in [0.4, 0.5) is 5.69 Å². The topological polar surface area (TPSA) is 94.0 Å². The first-order chi connectivity index (χ1) is 8.56. The molecule has 18 heavy (non-hydrogen) atoms. The van der Waals surface area contributed by atoms with Gasteiger partial charge in [0.1, 0.15) is 0 Å². The highest BCUT2D eigenvalue weighted by molar-refractivity contribution is 6.34. The normalized spacial score (nSPS) is 10.3. The van der Waals surface area contributed by atoms with Crippen LogP contribution >= 0.6 is 11.6 Å². The number of nitrogens with zero attached hydrogens (tertiary/aromatic N) is 2. The molecule has 0 atom stereocenters. The van der Waals surface area contributed by atoms with Crippen LogP contribution in [0, 0.1) is 6.92 Å². The van der Waals surface area contributed by atoms with Crippen molar-refractivity contribution in [2.75, 3.05) is 5.73 Å². The Balaban J connectivity index is 2.05. The van der Waals surface area contributed by atoms with Crippen LogP contribution in [0.25, 0.3) is 0 Å². The number of hydrogen-bond donors (Lipinski definition) is 2. The predicted octanol–water partition coefficient (Wildman–Crippen LogP) is 1.54. The van der Waals surface area contributed by atoms with Gasteiger partial charge in [-0.2, -0.15) is 4.98 Å². The van der Waals surface area contributed by atoms with Gasteiger partial charge in [-0.05, 0) is 25.1 Å². The Morgan fingerprint density at radius 2 is 2.33 bits per heavy atom. The van der Waals surface area contributed by atoms with Gasteiger partial charge in [-0.1, -0.05) is 16.8 Å². The zero-order valence-electron chi connectivity index (χ0n) is 9.61. The Bertz CT molecular complexity index is 582. The van der Waals surface area contributed by atoms with Crippen LogP contribution in [0.15, 0.2) is 22.7 Å². The summed E-state index contributed by atoms with van der Waals surface area (Å²) in [6.07, 6.45) is 0. The summed E-state index contributed by atoms with van der Waals surface area (Å²) in [6, 6.07) is 4.71. The first kappa shape index (κ1) is 12.4. The molecule has 1 heterocycles. The fourth-order valence-corrected chi connectivity index (χ4v) is 1.58. The zero-order valence-corrected chi connectivity index (χ0v) is 10.4. The molecule has 0 unspecified atom stereocenters. The number of nitrogens with two attached hydrogens (primary N) is 1. The van der Waals surface area contributed by atoms with Gasteiger partial charge in [0.05, 0.1) is 17.1 Å². The minimum atomic E-state index is -0.344. The molecule has 7 heteroatoms. The van der Waals surface area contributed by atoms with Crippen LogP contribution < -0.4 is 11.1 Å². The van der Waals surface area contributed by atoms with E-state index in [9.17, 15) is 4.79 Å². The van der Waals surface area contributed by atoms with E-state index in [1.807, 2.05) is 0 Å². The first-order valence-electron chi connectivity index (χ1n) is 5.18. The van der Waals surface area contributed by atoms with E-state index in [0.717, 1.165) is 0 Å². The number of hydrogen-bond acceptors (Lipinski definition) is 5. The van der Waals surface area contributed by atoms with Crippen molar-refractivity contribution < 1.29 is 9.32 Å². The van der Waals surface area contributed by atoms with Gasteiger partial charge in [0.2, 0.25) is 5.89 Å². The summed E-state index contributed by atoms with van der Waals surface area (Å²) in [5, 5.41) is 6.57. The van der Waals surface area contributed by atoms with Gasteiger partial charge >= 0.3 is 0 Å². The number of anilines is 1. The van der Waals surface area contributed by atoms with Crippen molar-refractivity contribution in [1.29, 1.82) is 0 Å². The molecule has 3 N–H and O–H groups in total. The van der Waals surface area contributed by atoms with Crippen molar-refractivity contribution in [2.24, 2.45) is 0 Å². The van der Waals surface area contributed by atoms with E-state index in [4.69, 9.17) is 21.9 Å². The van der Waals surface area contributed by atoms with Crippen LogP contribution in [0.2, 0.25) is 5.02 Å². The van der Waals surface area contributed by atoms with Gasteiger partial charge in [-0.25, -0.2) is 0 Å². The van der Waals surface area contributed by atoms with Crippen LogP contribution in [0.3, 0.4) is 0 Å². The molecule has 1 aromatic heterocycles. The van der Waals surface area contributed by atoms with Crippen molar-refractivity contribution in [1.82, 2.24) is 15.5 Å². The van der Waals surface area contributed by atoms with Crippen LogP contribution in [-0.2, 0) is 6.54 Å². The lowest BCUT2D eigenvalue weighted by Crippen LogP contribution is -2.23. The Kier molecular flexibility index (Phi) is 3.47. The number of nitrogen functional groups attached to an aromatic ring is 1. The minimum absolute atomic E-state index is 0.144. The van der Waals surface area contributed by atoms with Gasteiger partial charge in [0.15, 0.2) is 5.82 Å². The quantitative estimate of drug-likeness (QED) is 0.822. The van der Waals surface area contributed by atoms with Crippen LogP contribution in [-0.4, -0.2) is 16.0 Å². The van der Waals surface area contributed by atoms with Crippen molar-refractivity contribution in [3.8, 4) is 0 Å². The van der Waals surface area contributed by atoms with E-state index in [1.54, 1.807) is 19.1 Å². The van der Waals surface area contributed by atoms with E-state index >= 15 is 0 Å². The van der Waals surface area contributed by atoms with Crippen molar-refractivity contribution in [3.05, 3.63) is 40.5 Å². The third-order valence-electron chi connectivity index (χ3n) is 2.20. The fraction of sp³-hybridized carbons (Fsp3) is 0.182. The first-order valence-corrected chi connectivity index (χ1v) is 5.56. The molecule has 0 spiro atoms. The number of rotatable bonds is 3. The molecular formula is C11H11ClN4O2. The molecule has 1 aromatic carbocycles. The van der Waals surface area contributed by atoms with Crippen LogP contribution in [0.1, 0.15) is 22.1 Å². The Labute approximate surface area is 108 Å². The summed E-state index contributed by atoms with van der Waals surface area (Å²) < 4.78 is 4.87. The van der Waals surface area contributed by atoms with E-state index in [0.29, 0.717) is 28.0 Å². The Hall–Kier alpha value is -2.08. The third kappa shape index (κ3) is 2.78. The average molecular weight is 267 g/mol. The van der Waals surface area contributed by atoms with E-state index in [2.05, 4.69) is 15.5 Å². The summed E-state index contributed by atoms with van der Waals surface area (Å²) in [6.45, 7) is 1.84. The number of aryl methyl sites for hydroxylation is 1. The monoisotopic (exact) mass is 266 g/mol. The largest absolute Gasteiger partial charge is 0.399 e. The van der Waals surface area contributed by atoms with Crippen molar-refractivity contribution in [2.45, 2.75) is 13.5 Å². The maximum atomic E-state index is 11.9. The molecule has 94 valence electrons. The summed E-state index contributed by atoms with van der Waals surface area (Å²) in [4.78, 5) is 15.8. The molecule has 0 aliphatic heterocycles. The number of aromatic nitrogens is 2. The highest BCUT2D eigenvalue weighted by Gasteiger charge is 2.12. The van der Waals surface area contributed by atoms with Gasteiger partial charge in [-0.15, -0.1) is 0 Å². The molecular weight excluding hydrogens is 256 g/mol. The zero-order chi connectivity index (χ0) is 13.1. The number of nitrogens with one attached hydrogen (secondary N) is 1. The number of carbonyl (C=O) groups excluding carboxylic acids is 1. The number of carbonyl (C=O) groups is 1. The Morgan fingerprint density at radius 1 is 1.56 bits per heavy atom. The summed E-state index contributed by atoms with van der Waals surface area (Å²) in [5.74, 6) is 0.505. The summed E-state index contributed by atoms with van der Waals surface area (Å²) in [5.41, 5.74) is 6.38. The molecule has 2 rings (SSSR count). The molecule has 1 amide bonds. The number of benzene rings is 1. The maximum Gasteiger partial charge on any atom is 0.253 e. The molecule has 0 bridgehead atoms. The summed E-state index contributed by atoms with van der Waals surface area (Å²) in [7, 11) is 0.